The van der Waals surface area contributed by atoms with Crippen LogP contribution < -0.4 is 20.3 Å². The molecule has 0 radical (unpaired) electrons. The molecule has 5 rings (SSSR count). The molecule has 0 fully saturated rings. The monoisotopic (exact) mass is 465 g/mol. The molecule has 0 bridgehead atoms. The topological polar surface area (TPSA) is 136 Å². The second-order valence-corrected chi connectivity index (χ2v) is 7.54. The van der Waals surface area contributed by atoms with E-state index in [9.17, 15) is 4.79 Å². The van der Waals surface area contributed by atoms with E-state index in [0.29, 0.717) is 62.9 Å². The Hall–Kier alpha value is -4.28. The van der Waals surface area contributed by atoms with E-state index in [2.05, 4.69) is 30.4 Å². The highest BCUT2D eigenvalue weighted by atomic mass is 16.5. The Labute approximate surface area is 195 Å². The lowest BCUT2D eigenvalue weighted by Crippen LogP contribution is -2.16. The summed E-state index contributed by atoms with van der Waals surface area (Å²) in [5, 5.41) is 8.05. The second kappa shape index (κ2) is 8.93. The molecule has 3 N–H and O–H groups in total. The average Bonchev–Trinajstić information content (AvgIpc) is 3.56. The van der Waals surface area contributed by atoms with Crippen molar-refractivity contribution in [3.63, 3.8) is 0 Å². The number of methoxy groups -OCH3 is 2. The van der Waals surface area contributed by atoms with Crippen LogP contribution >= 0.6 is 0 Å². The van der Waals surface area contributed by atoms with Crippen LogP contribution in [0.5, 0.6) is 11.5 Å². The van der Waals surface area contributed by atoms with Gasteiger partial charge in [-0.05, 0) is 13.8 Å². The minimum Gasteiger partial charge on any atom is -0.493 e. The summed E-state index contributed by atoms with van der Waals surface area (Å²) in [6.45, 7) is 4.57. The van der Waals surface area contributed by atoms with Gasteiger partial charge in [-0.3, -0.25) is 9.48 Å². The Morgan fingerprint density at radius 2 is 1.94 bits per heavy atom. The lowest BCUT2D eigenvalue weighted by atomic mass is 10.1. The zero-order valence-electron chi connectivity index (χ0n) is 18.6. The maximum absolute atomic E-state index is 13.3. The summed E-state index contributed by atoms with van der Waals surface area (Å²) in [5.41, 5.74) is 3.88. The largest absolute Gasteiger partial charge is 0.493 e. The molecule has 11 nitrogen and oxygen atoms in total. The third-order valence-corrected chi connectivity index (χ3v) is 5.53. The van der Waals surface area contributed by atoms with Crippen LogP contribution in [0.3, 0.4) is 0 Å². The summed E-state index contributed by atoms with van der Waals surface area (Å²) in [4.78, 5) is 28.3. The van der Waals surface area contributed by atoms with Gasteiger partial charge in [-0.2, -0.15) is 5.10 Å². The van der Waals surface area contributed by atoms with Gasteiger partial charge < -0.3 is 29.2 Å². The molecule has 0 saturated heterocycles. The van der Waals surface area contributed by atoms with Crippen LogP contribution in [0.25, 0.3) is 33.5 Å². The summed E-state index contributed by atoms with van der Waals surface area (Å²) < 4.78 is 17.7. The first-order valence-electron chi connectivity index (χ1n) is 10.4. The predicted molar refractivity (Wildman–Crippen MR) is 129 cm³/mol. The van der Waals surface area contributed by atoms with E-state index in [1.165, 1.54) is 6.39 Å². The number of aromatic nitrogens is 6. The quantitative estimate of drug-likeness (QED) is 0.327. The summed E-state index contributed by atoms with van der Waals surface area (Å²) in [6.07, 6.45) is 4.74. The Morgan fingerprint density at radius 3 is 2.62 bits per heavy atom. The predicted octanol–water partition coefficient (Wildman–Crippen LogP) is 4.10. The van der Waals surface area contributed by atoms with Crippen molar-refractivity contribution in [1.82, 2.24) is 29.7 Å². The maximum atomic E-state index is 13.3. The van der Waals surface area contributed by atoms with E-state index in [1.807, 2.05) is 13.8 Å². The van der Waals surface area contributed by atoms with Gasteiger partial charge >= 0.3 is 0 Å². The third kappa shape index (κ3) is 3.74. The lowest BCUT2D eigenvalue weighted by Gasteiger charge is -2.15. The molecule has 178 valence electrons. The van der Waals surface area contributed by atoms with Crippen LogP contribution in [0, 0.1) is 0 Å². The molecule has 34 heavy (non-hydrogen) atoms. The molecule has 0 unspecified atom stereocenters. The first-order chi connectivity index (χ1) is 16.0. The minimum absolute atomic E-state index is 0. The van der Waals surface area contributed by atoms with Gasteiger partial charge in [-0.1, -0.05) is 7.43 Å². The molecular weight excluding hydrogens is 438 g/mol. The van der Waals surface area contributed by atoms with Gasteiger partial charge in [0.15, 0.2) is 17.9 Å². The number of nitrogens with zero attached hydrogens (tertiary/aromatic N) is 4. The Kier molecular flexibility index (Phi) is 6.01. The Bertz CT molecular complexity index is 1460. The van der Waals surface area contributed by atoms with E-state index >= 15 is 0 Å². The summed E-state index contributed by atoms with van der Waals surface area (Å²) >= 11 is 0. The number of fused-ring (bicyclic) bond motifs is 2. The normalized spacial score (nSPS) is 12.0. The number of aromatic amines is 2. The van der Waals surface area contributed by atoms with Crippen LogP contribution in [0.15, 0.2) is 40.2 Å². The number of rotatable bonds is 7. The van der Waals surface area contributed by atoms with E-state index in [1.54, 1.807) is 43.5 Å². The SMILES string of the molecule is C.CCn1cc2[nH]c(=O)c(-c3nc4cc(OC)c(OC)cc4[nH]3)c(N[C@@H](C)c3cocn3)c2n1. The average molecular weight is 466 g/mol. The molecule has 4 aromatic heterocycles. The third-order valence-electron chi connectivity index (χ3n) is 5.53. The molecule has 5 aromatic rings. The number of oxazole rings is 1. The van der Waals surface area contributed by atoms with Crippen LogP contribution in [-0.2, 0) is 6.54 Å². The number of aryl methyl sites for hydroxylation is 1. The van der Waals surface area contributed by atoms with Gasteiger partial charge in [0, 0.05) is 24.9 Å². The van der Waals surface area contributed by atoms with Crippen molar-refractivity contribution in [2.24, 2.45) is 0 Å². The fraction of sp³-hybridized carbons (Fsp3) is 0.304. The Morgan fingerprint density at radius 1 is 1.18 bits per heavy atom. The van der Waals surface area contributed by atoms with Gasteiger partial charge in [0.2, 0.25) is 0 Å². The van der Waals surface area contributed by atoms with Crippen molar-refractivity contribution >= 4 is 27.8 Å². The second-order valence-electron chi connectivity index (χ2n) is 7.54. The number of benzene rings is 1. The van der Waals surface area contributed by atoms with Crippen molar-refractivity contribution < 1.29 is 13.9 Å². The maximum Gasteiger partial charge on any atom is 0.261 e. The Balaban J connectivity index is 0.00000274. The van der Waals surface area contributed by atoms with Crippen molar-refractivity contribution in [3.05, 3.63) is 47.0 Å². The molecule has 0 amide bonds. The van der Waals surface area contributed by atoms with E-state index < -0.39 is 0 Å². The molecule has 0 spiro atoms. The number of imidazole rings is 1. The highest BCUT2D eigenvalue weighted by Crippen LogP contribution is 2.35. The zero-order valence-corrected chi connectivity index (χ0v) is 18.6. The standard InChI is InChI=1S/C22H23N7O4.CH4/c1-5-29-8-14-19(28-29)20(24-11(2)15-9-33-10-23-15)18(22(30)27-14)21-25-12-6-16(31-3)17(32-4)7-13(12)26-21;/h6-11,24H,5H2,1-4H3,(H,25,26)(H,27,30);1H4/t11-;/m0./s1. The highest BCUT2D eigenvalue weighted by Gasteiger charge is 2.23. The lowest BCUT2D eigenvalue weighted by molar-refractivity contribution is 0.356. The van der Waals surface area contributed by atoms with E-state index in [4.69, 9.17) is 13.9 Å². The number of H-pyrrole nitrogens is 2. The van der Waals surface area contributed by atoms with Gasteiger partial charge in [-0.25, -0.2) is 9.97 Å². The molecule has 0 aliphatic heterocycles. The number of anilines is 1. The number of hydrogen-bond acceptors (Lipinski definition) is 8. The molecule has 0 aliphatic rings. The summed E-state index contributed by atoms with van der Waals surface area (Å²) in [7, 11) is 3.13. The number of ether oxygens (including phenoxy) is 2. The number of hydrogen-bond donors (Lipinski definition) is 3. The molecular formula is C23H27N7O4. The van der Waals surface area contributed by atoms with Crippen LogP contribution in [-0.4, -0.2) is 43.9 Å². The summed E-state index contributed by atoms with van der Waals surface area (Å²) in [5.74, 6) is 1.50. The van der Waals surface area contributed by atoms with Crippen molar-refractivity contribution in [2.45, 2.75) is 33.9 Å². The molecule has 1 atom stereocenters. The van der Waals surface area contributed by atoms with Gasteiger partial charge in [0.05, 0.1) is 42.5 Å². The minimum atomic E-state index is -0.300. The van der Waals surface area contributed by atoms with Gasteiger partial charge in [0.1, 0.15) is 28.9 Å². The number of pyridine rings is 1. The zero-order chi connectivity index (χ0) is 23.1. The first-order valence-corrected chi connectivity index (χ1v) is 10.4. The first kappa shape index (κ1) is 22.9. The number of nitrogens with one attached hydrogen (secondary N) is 3. The van der Waals surface area contributed by atoms with Gasteiger partial charge in [-0.15, -0.1) is 0 Å². The smallest absolute Gasteiger partial charge is 0.261 e. The van der Waals surface area contributed by atoms with Crippen molar-refractivity contribution in [1.29, 1.82) is 0 Å². The van der Waals surface area contributed by atoms with Crippen molar-refractivity contribution in [3.8, 4) is 22.9 Å². The fourth-order valence-corrected chi connectivity index (χ4v) is 3.82. The van der Waals surface area contributed by atoms with Crippen molar-refractivity contribution in [2.75, 3.05) is 19.5 Å². The molecule has 1 aromatic carbocycles. The van der Waals surface area contributed by atoms with Crippen LogP contribution in [0.4, 0.5) is 5.69 Å². The highest BCUT2D eigenvalue weighted by molar-refractivity contribution is 5.96. The van der Waals surface area contributed by atoms with E-state index in [0.717, 1.165) is 0 Å². The van der Waals surface area contributed by atoms with Crippen LogP contribution in [0.2, 0.25) is 0 Å². The summed E-state index contributed by atoms with van der Waals surface area (Å²) in [6, 6.07) is 3.30. The van der Waals surface area contributed by atoms with E-state index in [-0.39, 0.29) is 19.0 Å². The van der Waals surface area contributed by atoms with Crippen LogP contribution in [0.1, 0.15) is 33.0 Å². The molecule has 0 aliphatic carbocycles. The molecule has 4 heterocycles. The van der Waals surface area contributed by atoms with Gasteiger partial charge in [0.25, 0.3) is 5.56 Å². The molecule has 0 saturated carbocycles. The molecule has 11 heteroatoms. The fourth-order valence-electron chi connectivity index (χ4n) is 3.82.